The van der Waals surface area contributed by atoms with Gasteiger partial charge in [-0.15, -0.1) is 0 Å². The largest absolute Gasteiger partial charge is 0.391 e. The van der Waals surface area contributed by atoms with Crippen molar-refractivity contribution in [1.82, 2.24) is 9.47 Å². The highest BCUT2D eigenvalue weighted by atomic mass is 32.2. The molecule has 0 spiro atoms. The molecule has 27 heavy (non-hydrogen) atoms. The fraction of sp³-hybridized carbons (Fsp3) is 0.773. The molecule has 5 heteroatoms. The summed E-state index contributed by atoms with van der Waals surface area (Å²) in [7, 11) is 0. The Labute approximate surface area is 168 Å². The molecule has 0 aromatic carbocycles. The van der Waals surface area contributed by atoms with Gasteiger partial charge in [-0.2, -0.15) is 11.8 Å². The van der Waals surface area contributed by atoms with E-state index in [-0.39, 0.29) is 11.7 Å². The minimum Gasteiger partial charge on any atom is -0.391 e. The Bertz CT molecular complexity index is 633. The first-order valence-corrected chi connectivity index (χ1v) is 12.0. The summed E-state index contributed by atoms with van der Waals surface area (Å²) >= 11 is 1.90. The van der Waals surface area contributed by atoms with Crippen LogP contribution in [-0.2, 0) is 6.54 Å². The zero-order valence-electron chi connectivity index (χ0n) is 16.8. The monoisotopic (exact) mass is 392 g/mol. The predicted octanol–water partition coefficient (Wildman–Crippen LogP) is 3.72. The number of aromatic nitrogens is 1. The second kappa shape index (κ2) is 10.7. The molecule has 4 nitrogen and oxygen atoms in total. The van der Waals surface area contributed by atoms with Crippen LogP contribution in [0.4, 0.5) is 0 Å². The number of pyridine rings is 1. The van der Waals surface area contributed by atoms with Crippen LogP contribution in [0.25, 0.3) is 0 Å². The van der Waals surface area contributed by atoms with Crippen LogP contribution >= 0.6 is 11.8 Å². The standard InChI is InChI=1S/C22H36N2O2S/c1-2-3-4-5-6-7-11-27-17-20(25)16-23-13-18-12-19(15-23)21-9-8-10-22(26)24(21)14-18/h8-10,18-20,25H,2-7,11-17H2,1H3/t18-,19+,20?/m0/s1. The number of aliphatic hydroxyl groups is 1. The van der Waals surface area contributed by atoms with Crippen molar-refractivity contribution in [3.8, 4) is 0 Å². The first-order chi connectivity index (χ1) is 13.2. The Kier molecular flexibility index (Phi) is 8.28. The zero-order valence-corrected chi connectivity index (χ0v) is 17.6. The molecule has 0 saturated carbocycles. The molecule has 2 aliphatic rings. The first-order valence-electron chi connectivity index (χ1n) is 10.8. The molecular formula is C22H36N2O2S. The summed E-state index contributed by atoms with van der Waals surface area (Å²) in [5.74, 6) is 3.00. The summed E-state index contributed by atoms with van der Waals surface area (Å²) < 4.78 is 1.98. The van der Waals surface area contributed by atoms with Crippen molar-refractivity contribution < 1.29 is 5.11 Å². The molecule has 2 bridgehead atoms. The molecule has 0 aliphatic carbocycles. The lowest BCUT2D eigenvalue weighted by Gasteiger charge is -2.43. The van der Waals surface area contributed by atoms with Gasteiger partial charge in [0.15, 0.2) is 0 Å². The fourth-order valence-corrected chi connectivity index (χ4v) is 5.65. The first kappa shape index (κ1) is 20.9. The highest BCUT2D eigenvalue weighted by molar-refractivity contribution is 7.99. The van der Waals surface area contributed by atoms with Gasteiger partial charge in [-0.25, -0.2) is 0 Å². The highest BCUT2D eigenvalue weighted by Crippen LogP contribution is 2.34. The van der Waals surface area contributed by atoms with E-state index in [9.17, 15) is 9.90 Å². The van der Waals surface area contributed by atoms with Gasteiger partial charge in [0.1, 0.15) is 0 Å². The molecule has 3 rings (SSSR count). The molecule has 1 unspecified atom stereocenters. The topological polar surface area (TPSA) is 45.5 Å². The van der Waals surface area contributed by atoms with Crippen LogP contribution in [0, 0.1) is 5.92 Å². The SMILES string of the molecule is CCCCCCCCSCC(O)CN1C[C@@H]2C[C@H](C1)c1cccc(=O)n1C2. The van der Waals surface area contributed by atoms with Crippen molar-refractivity contribution in [2.75, 3.05) is 31.1 Å². The number of piperidine rings is 1. The number of aliphatic hydroxyl groups excluding tert-OH is 1. The predicted molar refractivity (Wildman–Crippen MR) is 115 cm³/mol. The van der Waals surface area contributed by atoms with Gasteiger partial charge in [-0.1, -0.05) is 45.1 Å². The van der Waals surface area contributed by atoms with Gasteiger partial charge in [-0.3, -0.25) is 9.69 Å². The van der Waals surface area contributed by atoms with Crippen LogP contribution in [0.2, 0.25) is 0 Å². The van der Waals surface area contributed by atoms with Crippen molar-refractivity contribution in [3.05, 3.63) is 34.2 Å². The second-order valence-corrected chi connectivity index (χ2v) is 9.56. The number of hydrogen-bond acceptors (Lipinski definition) is 4. The number of thioether (sulfide) groups is 1. The molecule has 1 aromatic rings. The maximum atomic E-state index is 12.1. The Hall–Kier alpha value is -0.780. The number of unbranched alkanes of at least 4 members (excludes halogenated alkanes) is 5. The zero-order chi connectivity index (χ0) is 19.1. The van der Waals surface area contributed by atoms with E-state index in [1.807, 2.05) is 22.4 Å². The molecule has 2 aliphatic heterocycles. The molecule has 3 atom stereocenters. The summed E-state index contributed by atoms with van der Waals surface area (Å²) in [4.78, 5) is 14.5. The fourth-order valence-electron chi connectivity index (χ4n) is 4.70. The van der Waals surface area contributed by atoms with Gasteiger partial charge in [0, 0.05) is 49.6 Å². The third kappa shape index (κ3) is 6.10. The molecule has 3 heterocycles. The molecular weight excluding hydrogens is 356 g/mol. The maximum absolute atomic E-state index is 12.1. The maximum Gasteiger partial charge on any atom is 0.250 e. The molecule has 1 aromatic heterocycles. The van der Waals surface area contributed by atoms with Crippen LogP contribution in [0.3, 0.4) is 0 Å². The van der Waals surface area contributed by atoms with Gasteiger partial charge in [0.2, 0.25) is 0 Å². The molecule has 1 saturated heterocycles. The lowest BCUT2D eigenvalue weighted by atomic mass is 9.83. The van der Waals surface area contributed by atoms with Gasteiger partial charge in [-0.05, 0) is 30.6 Å². The summed E-state index contributed by atoms with van der Waals surface area (Å²) in [5.41, 5.74) is 1.33. The molecule has 1 fully saturated rings. The van der Waals surface area contributed by atoms with E-state index in [4.69, 9.17) is 0 Å². The van der Waals surface area contributed by atoms with Crippen LogP contribution < -0.4 is 5.56 Å². The van der Waals surface area contributed by atoms with Gasteiger partial charge in [0.05, 0.1) is 6.10 Å². The Morgan fingerprint density at radius 1 is 1.15 bits per heavy atom. The third-order valence-corrected chi connectivity index (χ3v) is 7.17. The number of likely N-dealkylation sites (tertiary alicyclic amines) is 1. The van der Waals surface area contributed by atoms with E-state index >= 15 is 0 Å². The number of β-amino-alcohol motifs (C(OH)–C–C–N with tert-alkyl or cyclic N) is 1. The summed E-state index contributed by atoms with van der Waals surface area (Å²) in [6.45, 7) is 5.85. The van der Waals surface area contributed by atoms with E-state index in [1.54, 1.807) is 6.07 Å². The van der Waals surface area contributed by atoms with E-state index in [0.29, 0.717) is 11.8 Å². The average molecular weight is 393 g/mol. The van der Waals surface area contributed by atoms with Crippen LogP contribution in [0.1, 0.15) is 63.5 Å². The number of nitrogens with zero attached hydrogens (tertiary/aromatic N) is 2. The van der Waals surface area contributed by atoms with Gasteiger partial charge >= 0.3 is 0 Å². The second-order valence-electron chi connectivity index (χ2n) is 8.41. The molecule has 0 amide bonds. The number of fused-ring (bicyclic) bond motifs is 4. The Morgan fingerprint density at radius 3 is 2.81 bits per heavy atom. The molecule has 1 N–H and O–H groups in total. The van der Waals surface area contributed by atoms with E-state index in [1.165, 1.54) is 56.4 Å². The van der Waals surface area contributed by atoms with Gasteiger partial charge < -0.3 is 9.67 Å². The quantitative estimate of drug-likeness (QED) is 0.583. The Morgan fingerprint density at radius 2 is 1.96 bits per heavy atom. The average Bonchev–Trinajstić information content (AvgIpc) is 2.65. The van der Waals surface area contributed by atoms with Crippen LogP contribution in [-0.4, -0.2) is 51.8 Å². The summed E-state index contributed by atoms with van der Waals surface area (Å²) in [5, 5.41) is 10.5. The van der Waals surface area contributed by atoms with Crippen LogP contribution in [0.15, 0.2) is 23.0 Å². The number of rotatable bonds is 11. The lowest BCUT2D eigenvalue weighted by Crippen LogP contribution is -2.49. The highest BCUT2D eigenvalue weighted by Gasteiger charge is 2.34. The van der Waals surface area contributed by atoms with Crippen molar-refractivity contribution in [2.45, 2.75) is 70.4 Å². The van der Waals surface area contributed by atoms with E-state index in [0.717, 1.165) is 31.9 Å². The van der Waals surface area contributed by atoms with Crippen molar-refractivity contribution >= 4 is 11.8 Å². The molecule has 152 valence electrons. The van der Waals surface area contributed by atoms with Gasteiger partial charge in [0.25, 0.3) is 5.56 Å². The summed E-state index contributed by atoms with van der Waals surface area (Å²) in [6, 6.07) is 5.67. The van der Waals surface area contributed by atoms with Crippen molar-refractivity contribution in [1.29, 1.82) is 0 Å². The normalized spacial score (nSPS) is 23.2. The van der Waals surface area contributed by atoms with Crippen molar-refractivity contribution in [2.24, 2.45) is 5.92 Å². The minimum absolute atomic E-state index is 0.141. The third-order valence-electron chi connectivity index (χ3n) is 5.98. The van der Waals surface area contributed by atoms with Crippen LogP contribution in [0.5, 0.6) is 0 Å². The number of hydrogen-bond donors (Lipinski definition) is 1. The smallest absolute Gasteiger partial charge is 0.250 e. The summed E-state index contributed by atoms with van der Waals surface area (Å²) in [6.07, 6.45) is 8.95. The lowest BCUT2D eigenvalue weighted by molar-refractivity contribution is 0.0717. The van der Waals surface area contributed by atoms with Crippen molar-refractivity contribution in [3.63, 3.8) is 0 Å². The van der Waals surface area contributed by atoms with E-state index < -0.39 is 0 Å². The minimum atomic E-state index is -0.244. The Balaban J connectivity index is 1.36. The molecule has 0 radical (unpaired) electrons. The van der Waals surface area contributed by atoms with E-state index in [2.05, 4.69) is 17.9 Å².